The molecule has 0 heterocycles. The molecule has 1 rings (SSSR count). The van der Waals surface area contributed by atoms with Gasteiger partial charge in [-0.25, -0.2) is 0 Å². The first-order chi connectivity index (χ1) is 7.72. The molecule has 4 heteroatoms. The van der Waals surface area contributed by atoms with Gasteiger partial charge in [0.1, 0.15) is 11.5 Å². The van der Waals surface area contributed by atoms with E-state index in [1.165, 1.54) is 0 Å². The zero-order valence-corrected chi connectivity index (χ0v) is 11.6. The van der Waals surface area contributed by atoms with E-state index >= 15 is 0 Å². The van der Waals surface area contributed by atoms with Gasteiger partial charge in [0.05, 0.1) is 18.7 Å². The standard InChI is InChI=1S/C12H18BrNO2/c1-4-5-14-8-9-6-12(16-3)10(13)7-11(9)15-2/h6-7,14H,4-5,8H2,1-3H3. The highest BCUT2D eigenvalue weighted by Gasteiger charge is 2.08. The summed E-state index contributed by atoms with van der Waals surface area (Å²) in [7, 11) is 3.34. The summed E-state index contributed by atoms with van der Waals surface area (Å²) in [4.78, 5) is 0. The van der Waals surface area contributed by atoms with E-state index in [9.17, 15) is 0 Å². The van der Waals surface area contributed by atoms with Crippen molar-refractivity contribution in [3.05, 3.63) is 22.2 Å². The van der Waals surface area contributed by atoms with E-state index in [-0.39, 0.29) is 0 Å². The van der Waals surface area contributed by atoms with Crippen molar-refractivity contribution in [2.45, 2.75) is 19.9 Å². The minimum absolute atomic E-state index is 0.792. The molecule has 16 heavy (non-hydrogen) atoms. The summed E-state index contributed by atoms with van der Waals surface area (Å²) >= 11 is 3.44. The van der Waals surface area contributed by atoms with Crippen LogP contribution in [0.1, 0.15) is 18.9 Å². The van der Waals surface area contributed by atoms with E-state index < -0.39 is 0 Å². The second-order valence-corrected chi connectivity index (χ2v) is 4.33. The first kappa shape index (κ1) is 13.3. The Bertz CT molecular complexity index is 342. The molecule has 0 fully saturated rings. The lowest BCUT2D eigenvalue weighted by molar-refractivity contribution is 0.395. The molecule has 0 amide bonds. The van der Waals surface area contributed by atoms with Gasteiger partial charge in [0, 0.05) is 12.1 Å². The number of hydrogen-bond donors (Lipinski definition) is 1. The average molecular weight is 288 g/mol. The number of halogens is 1. The molecule has 0 atom stereocenters. The fourth-order valence-corrected chi connectivity index (χ4v) is 1.95. The quantitative estimate of drug-likeness (QED) is 0.816. The molecule has 0 unspecified atom stereocenters. The molecule has 1 N–H and O–H groups in total. The lowest BCUT2D eigenvalue weighted by atomic mass is 10.2. The Hall–Kier alpha value is -0.740. The lowest BCUT2D eigenvalue weighted by Gasteiger charge is -2.12. The first-order valence-electron chi connectivity index (χ1n) is 5.34. The van der Waals surface area contributed by atoms with Crippen molar-refractivity contribution >= 4 is 15.9 Å². The van der Waals surface area contributed by atoms with E-state index in [2.05, 4.69) is 28.2 Å². The zero-order valence-electron chi connectivity index (χ0n) is 9.97. The Morgan fingerprint density at radius 1 is 1.19 bits per heavy atom. The fraction of sp³-hybridized carbons (Fsp3) is 0.500. The summed E-state index contributed by atoms with van der Waals surface area (Å²) < 4.78 is 11.5. The van der Waals surface area contributed by atoms with Gasteiger partial charge in [-0.3, -0.25) is 0 Å². The van der Waals surface area contributed by atoms with Gasteiger partial charge in [-0.15, -0.1) is 0 Å². The molecule has 0 aliphatic carbocycles. The maximum Gasteiger partial charge on any atom is 0.133 e. The highest BCUT2D eigenvalue weighted by Crippen LogP contribution is 2.32. The predicted octanol–water partition coefficient (Wildman–Crippen LogP) is 2.97. The summed E-state index contributed by atoms with van der Waals surface area (Å²) in [5.41, 5.74) is 1.11. The molecule has 0 saturated heterocycles. The van der Waals surface area contributed by atoms with Gasteiger partial charge >= 0.3 is 0 Å². The first-order valence-corrected chi connectivity index (χ1v) is 6.13. The van der Waals surface area contributed by atoms with Gasteiger partial charge in [0.25, 0.3) is 0 Å². The number of benzene rings is 1. The van der Waals surface area contributed by atoms with Crippen molar-refractivity contribution in [3.63, 3.8) is 0 Å². The average Bonchev–Trinajstić information content (AvgIpc) is 2.30. The third-order valence-electron chi connectivity index (χ3n) is 2.30. The van der Waals surface area contributed by atoms with E-state index in [0.29, 0.717) is 0 Å². The smallest absolute Gasteiger partial charge is 0.133 e. The molecule has 90 valence electrons. The molecule has 0 bridgehead atoms. The van der Waals surface area contributed by atoms with Crippen LogP contribution in [0, 0.1) is 0 Å². The van der Waals surface area contributed by atoms with Gasteiger partial charge in [0.15, 0.2) is 0 Å². The molecule has 0 aliphatic rings. The zero-order chi connectivity index (χ0) is 12.0. The van der Waals surface area contributed by atoms with Crippen LogP contribution in [0.3, 0.4) is 0 Å². The van der Waals surface area contributed by atoms with Gasteiger partial charge in [-0.2, -0.15) is 0 Å². The predicted molar refractivity (Wildman–Crippen MR) is 69.2 cm³/mol. The van der Waals surface area contributed by atoms with Gasteiger partial charge in [-0.1, -0.05) is 6.92 Å². The highest BCUT2D eigenvalue weighted by molar-refractivity contribution is 9.10. The summed E-state index contributed by atoms with van der Waals surface area (Å²) in [6.45, 7) is 3.94. The fourth-order valence-electron chi connectivity index (χ4n) is 1.46. The van der Waals surface area contributed by atoms with Crippen molar-refractivity contribution in [1.29, 1.82) is 0 Å². The van der Waals surface area contributed by atoms with Crippen LogP contribution in [-0.4, -0.2) is 20.8 Å². The second kappa shape index (κ2) is 6.76. The number of ether oxygens (including phenoxy) is 2. The number of nitrogens with one attached hydrogen (secondary N) is 1. The topological polar surface area (TPSA) is 30.5 Å². The third kappa shape index (κ3) is 3.39. The van der Waals surface area contributed by atoms with Crippen LogP contribution in [0.4, 0.5) is 0 Å². The van der Waals surface area contributed by atoms with Crippen LogP contribution in [0.15, 0.2) is 16.6 Å². The Balaban J connectivity index is 2.86. The number of hydrogen-bond acceptors (Lipinski definition) is 3. The summed E-state index contributed by atoms with van der Waals surface area (Å²) in [5, 5.41) is 3.35. The molecule has 0 aliphatic heterocycles. The molecule has 0 saturated carbocycles. The van der Waals surface area contributed by atoms with Crippen molar-refractivity contribution in [2.75, 3.05) is 20.8 Å². The maximum absolute atomic E-state index is 5.33. The van der Waals surface area contributed by atoms with Gasteiger partial charge in [0.2, 0.25) is 0 Å². The second-order valence-electron chi connectivity index (χ2n) is 3.48. The molecule has 0 spiro atoms. The lowest BCUT2D eigenvalue weighted by Crippen LogP contribution is -2.14. The third-order valence-corrected chi connectivity index (χ3v) is 2.92. The van der Waals surface area contributed by atoms with Crippen LogP contribution in [0.25, 0.3) is 0 Å². The molecule has 1 aromatic rings. The van der Waals surface area contributed by atoms with Crippen LogP contribution in [0.2, 0.25) is 0 Å². The Morgan fingerprint density at radius 3 is 2.44 bits per heavy atom. The molecular formula is C12H18BrNO2. The van der Waals surface area contributed by atoms with E-state index in [4.69, 9.17) is 9.47 Å². The maximum atomic E-state index is 5.33. The summed E-state index contributed by atoms with van der Waals surface area (Å²) in [5.74, 6) is 1.70. The molecular weight excluding hydrogens is 270 g/mol. The van der Waals surface area contributed by atoms with Crippen LogP contribution < -0.4 is 14.8 Å². The Morgan fingerprint density at radius 2 is 1.88 bits per heavy atom. The minimum Gasteiger partial charge on any atom is -0.496 e. The van der Waals surface area contributed by atoms with Crippen LogP contribution in [-0.2, 0) is 6.54 Å². The SMILES string of the molecule is CCCNCc1cc(OC)c(Br)cc1OC. The van der Waals surface area contributed by atoms with Crippen molar-refractivity contribution in [2.24, 2.45) is 0 Å². The van der Waals surface area contributed by atoms with Crippen LogP contribution in [0.5, 0.6) is 11.5 Å². The molecule has 0 radical (unpaired) electrons. The van der Waals surface area contributed by atoms with E-state index in [0.717, 1.165) is 41.0 Å². The largest absolute Gasteiger partial charge is 0.496 e. The van der Waals surface area contributed by atoms with Crippen LogP contribution >= 0.6 is 15.9 Å². The highest BCUT2D eigenvalue weighted by atomic mass is 79.9. The summed E-state index contributed by atoms with van der Waals surface area (Å²) in [6.07, 6.45) is 1.12. The summed E-state index contributed by atoms with van der Waals surface area (Å²) in [6, 6.07) is 3.92. The van der Waals surface area contributed by atoms with Crippen molar-refractivity contribution < 1.29 is 9.47 Å². The normalized spacial score (nSPS) is 10.2. The Labute approximate surface area is 105 Å². The van der Waals surface area contributed by atoms with E-state index in [1.807, 2.05) is 12.1 Å². The van der Waals surface area contributed by atoms with E-state index in [1.54, 1.807) is 14.2 Å². The Kier molecular flexibility index (Phi) is 5.63. The van der Waals surface area contributed by atoms with Crippen molar-refractivity contribution in [3.8, 4) is 11.5 Å². The minimum atomic E-state index is 0.792. The number of methoxy groups -OCH3 is 2. The molecule has 1 aromatic carbocycles. The van der Waals surface area contributed by atoms with Crippen molar-refractivity contribution in [1.82, 2.24) is 5.32 Å². The van der Waals surface area contributed by atoms with Gasteiger partial charge < -0.3 is 14.8 Å². The molecule has 0 aromatic heterocycles. The molecule has 3 nitrogen and oxygen atoms in total. The monoisotopic (exact) mass is 287 g/mol. The number of rotatable bonds is 6. The van der Waals surface area contributed by atoms with Gasteiger partial charge in [-0.05, 0) is 41.0 Å².